The van der Waals surface area contributed by atoms with Crippen molar-refractivity contribution in [1.29, 1.82) is 0 Å². The Labute approximate surface area is 196 Å². The van der Waals surface area contributed by atoms with Gasteiger partial charge in [-0.25, -0.2) is 8.42 Å². The number of hydrogen-bond acceptors (Lipinski definition) is 4. The molecule has 3 aromatic rings. The Balaban J connectivity index is 1.61. The Morgan fingerprint density at radius 1 is 0.941 bits per heavy atom. The molecule has 0 heterocycles. The predicted octanol–water partition coefficient (Wildman–Crippen LogP) is 5.25. The van der Waals surface area contributed by atoms with Crippen molar-refractivity contribution in [1.82, 2.24) is 0 Å². The van der Waals surface area contributed by atoms with E-state index in [1.165, 1.54) is 16.4 Å². The van der Waals surface area contributed by atoms with Crippen LogP contribution >= 0.6 is 0 Å². The zero-order valence-corrected chi connectivity index (χ0v) is 19.3. The number of rotatable bonds is 8. The van der Waals surface area contributed by atoms with Gasteiger partial charge in [-0.1, -0.05) is 17.7 Å². The molecule has 0 saturated carbocycles. The first-order valence-electron chi connectivity index (χ1n) is 10.3. The quantitative estimate of drug-likeness (QED) is 0.466. The van der Waals surface area contributed by atoms with Crippen LogP contribution < -0.4 is 14.4 Å². The molecule has 3 aromatic carbocycles. The maximum Gasteiger partial charge on any atom is 0.416 e. The van der Waals surface area contributed by atoms with Gasteiger partial charge >= 0.3 is 6.18 Å². The van der Waals surface area contributed by atoms with E-state index in [0.29, 0.717) is 11.4 Å². The molecule has 0 saturated heterocycles. The lowest BCUT2D eigenvalue weighted by molar-refractivity contribution is -0.137. The molecule has 0 aliphatic rings. The average Bonchev–Trinajstić information content (AvgIpc) is 2.79. The second kappa shape index (κ2) is 10.2. The number of alkyl halides is 3. The summed E-state index contributed by atoms with van der Waals surface area (Å²) >= 11 is 0. The number of anilines is 2. The SMILES string of the molecule is CCN(c1ccc(OCC(=O)Nc2ccc(C(F)(F)F)cc2)cc1)S(=O)(=O)c1ccc(C)cc1. The topological polar surface area (TPSA) is 75.7 Å². The van der Waals surface area contributed by atoms with Crippen LogP contribution in [0.1, 0.15) is 18.1 Å². The minimum Gasteiger partial charge on any atom is -0.484 e. The Bertz CT molecular complexity index is 1230. The fraction of sp³-hybridized carbons (Fsp3) is 0.208. The summed E-state index contributed by atoms with van der Waals surface area (Å²) < 4.78 is 70.5. The van der Waals surface area contributed by atoms with Crippen molar-refractivity contribution in [3.63, 3.8) is 0 Å². The number of hydrogen-bond donors (Lipinski definition) is 1. The number of carbonyl (C=O) groups excluding carboxylic acids is 1. The minimum absolute atomic E-state index is 0.181. The lowest BCUT2D eigenvalue weighted by Gasteiger charge is -2.23. The molecule has 1 amide bonds. The van der Waals surface area contributed by atoms with Gasteiger partial charge in [-0.3, -0.25) is 9.10 Å². The van der Waals surface area contributed by atoms with Crippen molar-refractivity contribution in [2.24, 2.45) is 0 Å². The Kier molecular flexibility index (Phi) is 7.51. The molecule has 0 aliphatic carbocycles. The van der Waals surface area contributed by atoms with E-state index in [0.717, 1.165) is 29.8 Å². The van der Waals surface area contributed by atoms with Crippen LogP contribution in [0, 0.1) is 6.92 Å². The van der Waals surface area contributed by atoms with Crippen LogP contribution in [-0.4, -0.2) is 27.5 Å². The second-order valence-corrected chi connectivity index (χ2v) is 9.25. The Morgan fingerprint density at radius 3 is 2.06 bits per heavy atom. The largest absolute Gasteiger partial charge is 0.484 e. The maximum absolute atomic E-state index is 13.0. The summed E-state index contributed by atoms with van der Waals surface area (Å²) in [5.74, 6) is -0.226. The Hall–Kier alpha value is -3.53. The molecule has 10 heteroatoms. The molecule has 0 aliphatic heterocycles. The van der Waals surface area contributed by atoms with Gasteiger partial charge in [-0.2, -0.15) is 13.2 Å². The van der Waals surface area contributed by atoms with E-state index in [1.54, 1.807) is 43.3 Å². The third kappa shape index (κ3) is 6.07. The summed E-state index contributed by atoms with van der Waals surface area (Å²) in [5, 5.41) is 2.45. The van der Waals surface area contributed by atoms with Crippen molar-refractivity contribution in [3.8, 4) is 5.75 Å². The van der Waals surface area contributed by atoms with Crippen LogP contribution in [0.4, 0.5) is 24.5 Å². The number of halogens is 3. The number of sulfonamides is 1. The average molecular weight is 493 g/mol. The van der Waals surface area contributed by atoms with Gasteiger partial charge < -0.3 is 10.1 Å². The molecule has 0 bridgehead atoms. The molecular formula is C24H23F3N2O4S. The highest BCUT2D eigenvalue weighted by Crippen LogP contribution is 2.30. The molecule has 0 unspecified atom stereocenters. The van der Waals surface area contributed by atoms with E-state index < -0.39 is 27.7 Å². The highest BCUT2D eigenvalue weighted by molar-refractivity contribution is 7.92. The maximum atomic E-state index is 13.0. The van der Waals surface area contributed by atoms with Gasteiger partial charge in [0.05, 0.1) is 16.1 Å². The van der Waals surface area contributed by atoms with Crippen LogP contribution in [0.2, 0.25) is 0 Å². The van der Waals surface area contributed by atoms with Crippen LogP contribution in [0.3, 0.4) is 0 Å². The first-order chi connectivity index (χ1) is 16.0. The number of carbonyl (C=O) groups is 1. The van der Waals surface area contributed by atoms with Gasteiger partial charge in [0, 0.05) is 12.2 Å². The van der Waals surface area contributed by atoms with Gasteiger partial charge in [0.25, 0.3) is 15.9 Å². The van der Waals surface area contributed by atoms with Gasteiger partial charge in [0.15, 0.2) is 6.61 Å². The molecule has 180 valence electrons. The number of aryl methyl sites for hydroxylation is 1. The fourth-order valence-corrected chi connectivity index (χ4v) is 4.60. The first kappa shape index (κ1) is 25.1. The van der Waals surface area contributed by atoms with E-state index in [1.807, 2.05) is 6.92 Å². The van der Waals surface area contributed by atoms with Gasteiger partial charge in [-0.05, 0) is 74.5 Å². The summed E-state index contributed by atoms with van der Waals surface area (Å²) in [5.41, 5.74) is 0.777. The molecule has 0 aromatic heterocycles. The van der Waals surface area contributed by atoms with E-state index in [9.17, 15) is 26.4 Å². The predicted molar refractivity (Wildman–Crippen MR) is 123 cm³/mol. The van der Waals surface area contributed by atoms with Crippen LogP contribution in [0.25, 0.3) is 0 Å². The molecule has 3 rings (SSSR count). The zero-order chi connectivity index (χ0) is 24.9. The van der Waals surface area contributed by atoms with E-state index in [-0.39, 0.29) is 23.7 Å². The minimum atomic E-state index is -4.45. The van der Waals surface area contributed by atoms with Crippen molar-refractivity contribution in [2.45, 2.75) is 24.9 Å². The van der Waals surface area contributed by atoms with Gasteiger partial charge in [-0.15, -0.1) is 0 Å². The Morgan fingerprint density at radius 2 is 1.53 bits per heavy atom. The third-order valence-corrected chi connectivity index (χ3v) is 6.80. The molecule has 34 heavy (non-hydrogen) atoms. The standard InChI is InChI=1S/C24H23F3N2O4S/c1-3-29(34(31,32)22-14-4-17(2)5-15-22)20-10-12-21(13-11-20)33-16-23(30)28-19-8-6-18(7-9-19)24(25,26)27/h4-15H,3,16H2,1-2H3,(H,28,30). The van der Waals surface area contributed by atoms with Crippen molar-refractivity contribution in [3.05, 3.63) is 83.9 Å². The number of ether oxygens (including phenoxy) is 1. The molecule has 0 atom stereocenters. The second-order valence-electron chi connectivity index (χ2n) is 7.39. The summed E-state index contributed by atoms with van der Waals surface area (Å²) in [4.78, 5) is 12.2. The monoisotopic (exact) mass is 492 g/mol. The third-order valence-electron chi connectivity index (χ3n) is 4.89. The zero-order valence-electron chi connectivity index (χ0n) is 18.5. The molecule has 0 spiro atoms. The van der Waals surface area contributed by atoms with E-state index >= 15 is 0 Å². The van der Waals surface area contributed by atoms with Crippen molar-refractivity contribution in [2.75, 3.05) is 22.8 Å². The van der Waals surface area contributed by atoms with E-state index in [2.05, 4.69) is 5.32 Å². The van der Waals surface area contributed by atoms with Crippen molar-refractivity contribution < 1.29 is 31.1 Å². The van der Waals surface area contributed by atoms with Crippen molar-refractivity contribution >= 4 is 27.3 Å². The van der Waals surface area contributed by atoms with Gasteiger partial charge in [0.1, 0.15) is 5.75 Å². The highest BCUT2D eigenvalue weighted by atomic mass is 32.2. The molecule has 6 nitrogen and oxygen atoms in total. The first-order valence-corrected chi connectivity index (χ1v) is 11.7. The summed E-state index contributed by atoms with van der Waals surface area (Å²) in [6.07, 6.45) is -4.45. The molecule has 0 radical (unpaired) electrons. The number of amides is 1. The number of benzene rings is 3. The number of nitrogens with one attached hydrogen (secondary N) is 1. The molecule has 1 N–H and O–H groups in total. The lowest BCUT2D eigenvalue weighted by Crippen LogP contribution is -2.30. The van der Waals surface area contributed by atoms with Crippen LogP contribution in [0.5, 0.6) is 5.75 Å². The van der Waals surface area contributed by atoms with Crippen LogP contribution in [0.15, 0.2) is 77.7 Å². The number of nitrogens with zero attached hydrogens (tertiary/aromatic N) is 1. The summed E-state index contributed by atoms with van der Waals surface area (Å²) in [6, 6.07) is 16.8. The van der Waals surface area contributed by atoms with E-state index in [4.69, 9.17) is 4.74 Å². The van der Waals surface area contributed by atoms with Gasteiger partial charge in [0.2, 0.25) is 0 Å². The molecule has 0 fully saturated rings. The normalized spacial score (nSPS) is 11.7. The molecular weight excluding hydrogens is 469 g/mol. The summed E-state index contributed by atoms with van der Waals surface area (Å²) in [7, 11) is -3.75. The summed E-state index contributed by atoms with van der Waals surface area (Å²) in [6.45, 7) is 3.43. The lowest BCUT2D eigenvalue weighted by atomic mass is 10.2. The van der Waals surface area contributed by atoms with Crippen LogP contribution in [-0.2, 0) is 21.0 Å². The highest BCUT2D eigenvalue weighted by Gasteiger charge is 2.30. The smallest absolute Gasteiger partial charge is 0.416 e. The fourth-order valence-electron chi connectivity index (χ4n) is 3.13.